The fraction of sp³-hybridized carbons (Fsp3) is 0.259. The molecule has 0 bridgehead atoms. The maximum atomic E-state index is 13.0. The second-order valence-electron chi connectivity index (χ2n) is 9.22. The van der Waals surface area contributed by atoms with Crippen molar-refractivity contribution in [3.8, 4) is 5.69 Å². The largest absolute Gasteiger partial charge is 0.365 e. The molecule has 0 fully saturated rings. The first kappa shape index (κ1) is 22.7. The van der Waals surface area contributed by atoms with E-state index in [9.17, 15) is 9.59 Å². The molecule has 2 heterocycles. The smallest absolute Gasteiger partial charge is 0.254 e. The molecule has 2 aromatic carbocycles. The second kappa shape index (κ2) is 9.31. The third-order valence-electron chi connectivity index (χ3n) is 6.40. The lowest BCUT2D eigenvalue weighted by Crippen LogP contribution is -2.24. The molecule has 0 unspecified atom stereocenters. The third kappa shape index (κ3) is 4.65. The number of hydrogen-bond donors (Lipinski definition) is 2. The van der Waals surface area contributed by atoms with E-state index in [0.717, 1.165) is 43.6 Å². The third-order valence-corrected chi connectivity index (χ3v) is 6.40. The van der Waals surface area contributed by atoms with Crippen LogP contribution in [-0.2, 0) is 19.3 Å². The maximum Gasteiger partial charge on any atom is 0.254 e. The first-order valence-electron chi connectivity index (χ1n) is 11.7. The van der Waals surface area contributed by atoms with Crippen molar-refractivity contribution in [3.05, 3.63) is 87.3 Å². The summed E-state index contributed by atoms with van der Waals surface area (Å²) in [6.07, 6.45) is 7.07. The van der Waals surface area contributed by atoms with Gasteiger partial charge in [-0.2, -0.15) is 4.98 Å². The van der Waals surface area contributed by atoms with Gasteiger partial charge in [-0.25, -0.2) is 4.98 Å². The minimum atomic E-state index is -0.774. The zero-order valence-corrected chi connectivity index (χ0v) is 19.9. The van der Waals surface area contributed by atoms with Crippen molar-refractivity contribution in [1.29, 1.82) is 0 Å². The van der Waals surface area contributed by atoms with E-state index in [4.69, 9.17) is 5.73 Å². The van der Waals surface area contributed by atoms with Gasteiger partial charge in [0.15, 0.2) is 5.65 Å². The van der Waals surface area contributed by atoms with Crippen molar-refractivity contribution in [2.45, 2.75) is 25.7 Å². The van der Waals surface area contributed by atoms with Gasteiger partial charge in [0, 0.05) is 30.3 Å². The monoisotopic (exact) mass is 468 g/mol. The first-order valence-corrected chi connectivity index (χ1v) is 11.7. The Morgan fingerprint density at radius 3 is 2.77 bits per heavy atom. The highest BCUT2D eigenvalue weighted by Gasteiger charge is 2.18. The Balaban J connectivity index is 1.58. The van der Waals surface area contributed by atoms with E-state index >= 15 is 0 Å². The predicted octanol–water partition coefficient (Wildman–Crippen LogP) is 3.22. The van der Waals surface area contributed by atoms with Crippen LogP contribution in [0, 0.1) is 0 Å². The lowest BCUT2D eigenvalue weighted by molar-refractivity contribution is 0.0999. The van der Waals surface area contributed by atoms with Crippen LogP contribution in [0.25, 0.3) is 16.7 Å². The Bertz CT molecular complexity index is 1490. The Kier molecular flexibility index (Phi) is 6.05. The molecule has 2 aromatic heterocycles. The van der Waals surface area contributed by atoms with E-state index < -0.39 is 11.3 Å². The number of carbonyl (C=O) groups excluding carboxylic acids is 1. The van der Waals surface area contributed by atoms with Crippen LogP contribution in [0.3, 0.4) is 0 Å². The molecule has 8 heteroatoms. The molecule has 0 saturated heterocycles. The quantitative estimate of drug-likeness (QED) is 0.431. The normalized spacial score (nSPS) is 12.8. The number of benzene rings is 2. The van der Waals surface area contributed by atoms with Gasteiger partial charge in [0.1, 0.15) is 5.56 Å². The summed E-state index contributed by atoms with van der Waals surface area (Å²) in [6, 6.07) is 14.3. The predicted molar refractivity (Wildman–Crippen MR) is 138 cm³/mol. The molecule has 0 aliphatic heterocycles. The van der Waals surface area contributed by atoms with Gasteiger partial charge in [0.2, 0.25) is 11.4 Å². The fourth-order valence-electron chi connectivity index (χ4n) is 4.54. The van der Waals surface area contributed by atoms with E-state index in [1.54, 1.807) is 4.57 Å². The van der Waals surface area contributed by atoms with Gasteiger partial charge in [0.25, 0.3) is 5.91 Å². The van der Waals surface area contributed by atoms with Crippen molar-refractivity contribution in [2.24, 2.45) is 5.73 Å². The number of carbonyl (C=O) groups is 1. The van der Waals surface area contributed by atoms with E-state index in [2.05, 4.69) is 58.5 Å². The maximum absolute atomic E-state index is 13.0. The van der Waals surface area contributed by atoms with Crippen molar-refractivity contribution in [3.63, 3.8) is 0 Å². The summed E-state index contributed by atoms with van der Waals surface area (Å²) in [6.45, 7) is 0.950. The van der Waals surface area contributed by atoms with E-state index in [0.29, 0.717) is 11.6 Å². The van der Waals surface area contributed by atoms with Crippen LogP contribution in [0.4, 0.5) is 11.6 Å². The molecule has 8 nitrogen and oxygen atoms in total. The van der Waals surface area contributed by atoms with E-state index in [1.807, 2.05) is 18.2 Å². The summed E-state index contributed by atoms with van der Waals surface area (Å²) < 4.78 is 1.76. The van der Waals surface area contributed by atoms with Gasteiger partial charge in [-0.05, 0) is 80.7 Å². The highest BCUT2D eigenvalue weighted by atomic mass is 16.2. The molecule has 35 heavy (non-hydrogen) atoms. The fourth-order valence-corrected chi connectivity index (χ4v) is 4.54. The minimum absolute atomic E-state index is 0.0871. The summed E-state index contributed by atoms with van der Waals surface area (Å²) in [5, 5.41) is 3.50. The molecule has 1 aliphatic carbocycles. The number of anilines is 2. The molecule has 3 N–H and O–H groups in total. The first-order chi connectivity index (χ1) is 16.9. The number of amides is 1. The van der Waals surface area contributed by atoms with Crippen LogP contribution in [-0.4, -0.2) is 46.0 Å². The number of pyridine rings is 1. The average molecular weight is 469 g/mol. The number of fused-ring (bicyclic) bond motifs is 2. The molecule has 1 aliphatic rings. The minimum Gasteiger partial charge on any atom is -0.365 e. The van der Waals surface area contributed by atoms with Crippen LogP contribution in [0.15, 0.2) is 59.7 Å². The lowest BCUT2D eigenvalue weighted by atomic mass is 10.1. The number of aryl methyl sites for hydroxylation is 2. The van der Waals surface area contributed by atoms with Crippen LogP contribution >= 0.6 is 0 Å². The van der Waals surface area contributed by atoms with Gasteiger partial charge in [-0.1, -0.05) is 18.2 Å². The standard InChI is InChI=1S/C27H28N6O2/c1-32(2)12-11-17-5-3-8-20(13-17)30-27-29-15-22-24(34)23(25(28)35)16-33(26(22)31-27)21-10-9-18-6-4-7-19(18)14-21/h3,5,8-10,13-16H,4,6-7,11-12H2,1-2H3,(H2,28,35)(H,29,30,31). The number of nitrogens with zero attached hydrogens (tertiary/aromatic N) is 4. The highest BCUT2D eigenvalue weighted by Crippen LogP contribution is 2.26. The molecule has 1 amide bonds. The van der Waals surface area contributed by atoms with Gasteiger partial charge in [-0.15, -0.1) is 0 Å². The number of primary amides is 1. The molecule has 178 valence electrons. The van der Waals surface area contributed by atoms with Crippen molar-refractivity contribution >= 4 is 28.6 Å². The Morgan fingerprint density at radius 1 is 1.14 bits per heavy atom. The van der Waals surface area contributed by atoms with Gasteiger partial charge in [0.05, 0.1) is 5.39 Å². The lowest BCUT2D eigenvalue weighted by Gasteiger charge is -2.14. The van der Waals surface area contributed by atoms with Crippen molar-refractivity contribution in [1.82, 2.24) is 19.4 Å². The molecule has 5 rings (SSSR count). The van der Waals surface area contributed by atoms with Gasteiger partial charge in [-0.3, -0.25) is 9.59 Å². The van der Waals surface area contributed by atoms with Crippen LogP contribution in [0.2, 0.25) is 0 Å². The van der Waals surface area contributed by atoms with Crippen LogP contribution in [0.5, 0.6) is 0 Å². The molecular weight excluding hydrogens is 440 g/mol. The molecule has 0 atom stereocenters. The number of rotatable bonds is 7. The molecule has 0 saturated carbocycles. The number of nitrogens with one attached hydrogen (secondary N) is 1. The Labute approximate surface area is 203 Å². The van der Waals surface area contributed by atoms with Crippen LogP contribution < -0.4 is 16.5 Å². The number of aromatic nitrogens is 3. The zero-order valence-electron chi connectivity index (χ0n) is 19.9. The summed E-state index contributed by atoms with van der Waals surface area (Å²) in [5.41, 5.74) is 10.9. The zero-order chi connectivity index (χ0) is 24.5. The Morgan fingerprint density at radius 2 is 1.97 bits per heavy atom. The summed E-state index contributed by atoms with van der Waals surface area (Å²) >= 11 is 0. The van der Waals surface area contributed by atoms with Crippen LogP contribution in [0.1, 0.15) is 33.5 Å². The van der Waals surface area contributed by atoms with Crippen molar-refractivity contribution < 1.29 is 4.79 Å². The molecule has 4 aromatic rings. The summed E-state index contributed by atoms with van der Waals surface area (Å²) in [5.74, 6) is -0.410. The summed E-state index contributed by atoms with van der Waals surface area (Å²) in [4.78, 5) is 36.2. The number of nitrogens with two attached hydrogens (primary N) is 1. The van der Waals surface area contributed by atoms with Crippen molar-refractivity contribution in [2.75, 3.05) is 26.0 Å². The van der Waals surface area contributed by atoms with Gasteiger partial charge < -0.3 is 20.5 Å². The highest BCUT2D eigenvalue weighted by molar-refractivity contribution is 5.96. The van der Waals surface area contributed by atoms with E-state index in [1.165, 1.54) is 29.1 Å². The van der Waals surface area contributed by atoms with Gasteiger partial charge >= 0.3 is 0 Å². The average Bonchev–Trinajstić information content (AvgIpc) is 3.31. The second-order valence-corrected chi connectivity index (χ2v) is 9.22. The number of hydrogen-bond acceptors (Lipinski definition) is 6. The molecular formula is C27H28N6O2. The Hall–Kier alpha value is -4.04. The summed E-state index contributed by atoms with van der Waals surface area (Å²) in [7, 11) is 4.10. The molecule has 0 radical (unpaired) electrons. The SMILES string of the molecule is CN(C)CCc1cccc(Nc2ncc3c(=O)c(C(N)=O)cn(-c4ccc5c(c4)CCC5)c3n2)c1. The number of likely N-dealkylation sites (N-methyl/N-ethyl adjacent to an activating group) is 1. The topological polar surface area (TPSA) is 106 Å². The van der Waals surface area contributed by atoms with E-state index in [-0.39, 0.29) is 10.9 Å². The molecule has 0 spiro atoms.